The summed E-state index contributed by atoms with van der Waals surface area (Å²) >= 11 is 0. The Morgan fingerprint density at radius 2 is 2.10 bits per heavy atom. The maximum absolute atomic E-state index is 12.0. The molecule has 0 radical (unpaired) electrons. The number of benzene rings is 1. The molecule has 0 unspecified atom stereocenters. The summed E-state index contributed by atoms with van der Waals surface area (Å²) in [5.74, 6) is 0.0592. The van der Waals surface area contributed by atoms with Crippen molar-refractivity contribution in [2.45, 2.75) is 33.2 Å². The van der Waals surface area contributed by atoms with Gasteiger partial charge in [0.1, 0.15) is 0 Å². The van der Waals surface area contributed by atoms with E-state index in [-0.39, 0.29) is 11.8 Å². The molecular formula is C16H24N2O2. The number of hydrogen-bond acceptors (Lipinski definition) is 3. The lowest BCUT2D eigenvalue weighted by Crippen LogP contribution is -2.30. The lowest BCUT2D eigenvalue weighted by molar-refractivity contribution is -0.119. The third-order valence-electron chi connectivity index (χ3n) is 3.73. The number of carbonyl (C=O) groups is 1. The molecule has 1 atom stereocenters. The monoisotopic (exact) mass is 276 g/mol. The molecule has 1 aromatic rings. The molecule has 110 valence electrons. The van der Waals surface area contributed by atoms with Crippen LogP contribution in [0.5, 0.6) is 0 Å². The maximum atomic E-state index is 12.0. The Morgan fingerprint density at radius 1 is 1.40 bits per heavy atom. The van der Waals surface area contributed by atoms with Gasteiger partial charge in [0, 0.05) is 30.6 Å². The highest BCUT2D eigenvalue weighted by molar-refractivity contribution is 5.92. The molecule has 1 aromatic carbocycles. The molecular weight excluding hydrogens is 252 g/mol. The van der Waals surface area contributed by atoms with Crippen LogP contribution in [0.25, 0.3) is 0 Å². The summed E-state index contributed by atoms with van der Waals surface area (Å²) in [5, 5.41) is 2.96. The van der Waals surface area contributed by atoms with Gasteiger partial charge in [0.2, 0.25) is 5.91 Å². The summed E-state index contributed by atoms with van der Waals surface area (Å²) in [6.45, 7) is 8.72. The lowest BCUT2D eigenvalue weighted by Gasteiger charge is -2.27. The van der Waals surface area contributed by atoms with E-state index in [0.29, 0.717) is 19.3 Å². The van der Waals surface area contributed by atoms with Gasteiger partial charge in [-0.05, 0) is 51.5 Å². The summed E-state index contributed by atoms with van der Waals surface area (Å²) in [4.78, 5) is 14.3. The molecule has 2 rings (SSSR count). The summed E-state index contributed by atoms with van der Waals surface area (Å²) in [6, 6.07) is 8.52. The minimum absolute atomic E-state index is 0.00233. The Hall–Kier alpha value is -1.55. The molecule has 1 N–H and O–H groups in total. The number of nitrogens with one attached hydrogen (secondary N) is 1. The highest BCUT2D eigenvalue weighted by Gasteiger charge is 2.23. The molecule has 1 fully saturated rings. The van der Waals surface area contributed by atoms with Crippen LogP contribution < -0.4 is 10.2 Å². The lowest BCUT2D eigenvalue weighted by atomic mass is 10.1. The normalized spacial score (nSPS) is 18.3. The smallest absolute Gasteiger partial charge is 0.229 e. The van der Waals surface area contributed by atoms with Crippen molar-refractivity contribution in [2.24, 2.45) is 5.92 Å². The van der Waals surface area contributed by atoms with E-state index in [2.05, 4.69) is 43.1 Å². The third kappa shape index (κ3) is 3.51. The molecule has 4 nitrogen and oxygen atoms in total. The van der Waals surface area contributed by atoms with Gasteiger partial charge in [-0.1, -0.05) is 0 Å². The molecule has 1 aliphatic heterocycles. The summed E-state index contributed by atoms with van der Waals surface area (Å²) in [5.41, 5.74) is 2.04. The Morgan fingerprint density at radius 3 is 2.60 bits per heavy atom. The van der Waals surface area contributed by atoms with Gasteiger partial charge in [-0.25, -0.2) is 0 Å². The van der Waals surface area contributed by atoms with Crippen LogP contribution in [-0.4, -0.2) is 31.7 Å². The van der Waals surface area contributed by atoms with Gasteiger partial charge in [0.15, 0.2) is 0 Å². The van der Waals surface area contributed by atoms with Crippen molar-refractivity contribution in [1.29, 1.82) is 0 Å². The standard InChI is InChI=1S/C16H24N2O2/c1-4-18(12(2)3)15-7-5-14(6-8-15)17-16(19)13-9-10-20-11-13/h5-8,12-13H,4,9-11H2,1-3H3,(H,17,19)/t13-/m0/s1. The summed E-state index contributed by atoms with van der Waals surface area (Å²) < 4.78 is 5.24. The fourth-order valence-electron chi connectivity index (χ4n) is 2.57. The molecule has 1 amide bonds. The largest absolute Gasteiger partial charge is 0.381 e. The fraction of sp³-hybridized carbons (Fsp3) is 0.562. The van der Waals surface area contributed by atoms with Crippen LogP contribution in [0.4, 0.5) is 11.4 Å². The molecule has 0 spiro atoms. The van der Waals surface area contributed by atoms with Gasteiger partial charge in [0.25, 0.3) is 0 Å². The van der Waals surface area contributed by atoms with Crippen molar-refractivity contribution in [3.8, 4) is 0 Å². The van der Waals surface area contributed by atoms with E-state index in [1.165, 1.54) is 5.69 Å². The van der Waals surface area contributed by atoms with E-state index >= 15 is 0 Å². The van der Waals surface area contributed by atoms with Gasteiger partial charge in [0.05, 0.1) is 12.5 Å². The van der Waals surface area contributed by atoms with E-state index in [4.69, 9.17) is 4.74 Å². The molecule has 20 heavy (non-hydrogen) atoms. The predicted octanol–water partition coefficient (Wildman–Crippen LogP) is 2.90. The second-order valence-electron chi connectivity index (χ2n) is 5.48. The number of ether oxygens (including phenoxy) is 1. The van der Waals surface area contributed by atoms with Gasteiger partial charge >= 0.3 is 0 Å². The summed E-state index contributed by atoms with van der Waals surface area (Å²) in [7, 11) is 0. The maximum Gasteiger partial charge on any atom is 0.229 e. The van der Waals surface area contributed by atoms with E-state index < -0.39 is 0 Å². The van der Waals surface area contributed by atoms with Crippen molar-refractivity contribution in [2.75, 3.05) is 30.0 Å². The zero-order chi connectivity index (χ0) is 14.5. The van der Waals surface area contributed by atoms with Crippen LogP contribution in [0, 0.1) is 5.92 Å². The van der Waals surface area contributed by atoms with Crippen LogP contribution in [0.1, 0.15) is 27.2 Å². The molecule has 0 aliphatic carbocycles. The molecule has 0 bridgehead atoms. The first-order valence-electron chi connectivity index (χ1n) is 7.37. The molecule has 0 aromatic heterocycles. The van der Waals surface area contributed by atoms with Crippen molar-refractivity contribution in [3.63, 3.8) is 0 Å². The van der Waals surface area contributed by atoms with E-state index in [1.807, 2.05) is 12.1 Å². The first kappa shape index (κ1) is 14.9. The van der Waals surface area contributed by atoms with E-state index in [9.17, 15) is 4.79 Å². The van der Waals surface area contributed by atoms with Crippen molar-refractivity contribution in [3.05, 3.63) is 24.3 Å². The first-order valence-corrected chi connectivity index (χ1v) is 7.37. The quantitative estimate of drug-likeness (QED) is 0.899. The molecule has 1 saturated heterocycles. The topological polar surface area (TPSA) is 41.6 Å². The first-order chi connectivity index (χ1) is 9.61. The highest BCUT2D eigenvalue weighted by Crippen LogP contribution is 2.21. The molecule has 1 heterocycles. The minimum atomic E-state index is -0.00233. The zero-order valence-electron chi connectivity index (χ0n) is 12.6. The number of amides is 1. The van der Waals surface area contributed by atoms with Crippen molar-refractivity contribution in [1.82, 2.24) is 0 Å². The average molecular weight is 276 g/mol. The van der Waals surface area contributed by atoms with Crippen LogP contribution in [-0.2, 0) is 9.53 Å². The van der Waals surface area contributed by atoms with Crippen molar-refractivity contribution >= 4 is 17.3 Å². The Kier molecular flexibility index (Phi) is 5.01. The molecule has 0 saturated carbocycles. The van der Waals surface area contributed by atoms with Gasteiger partial charge < -0.3 is 15.0 Å². The van der Waals surface area contributed by atoms with E-state index in [1.54, 1.807) is 0 Å². The van der Waals surface area contributed by atoms with Crippen LogP contribution in [0.3, 0.4) is 0 Å². The number of anilines is 2. The summed E-state index contributed by atoms with van der Waals surface area (Å²) in [6.07, 6.45) is 0.820. The van der Waals surface area contributed by atoms with Crippen LogP contribution in [0.2, 0.25) is 0 Å². The number of carbonyl (C=O) groups excluding carboxylic acids is 1. The predicted molar refractivity (Wildman–Crippen MR) is 82.2 cm³/mol. The van der Waals surface area contributed by atoms with Gasteiger partial charge in [-0.3, -0.25) is 4.79 Å². The number of rotatable bonds is 5. The Bertz CT molecular complexity index is 436. The number of nitrogens with zero attached hydrogens (tertiary/aromatic N) is 1. The van der Waals surface area contributed by atoms with Gasteiger partial charge in [-0.2, -0.15) is 0 Å². The SMILES string of the molecule is CCN(c1ccc(NC(=O)[C@H]2CCOC2)cc1)C(C)C. The zero-order valence-corrected chi connectivity index (χ0v) is 12.6. The van der Waals surface area contributed by atoms with Gasteiger partial charge in [-0.15, -0.1) is 0 Å². The van der Waals surface area contributed by atoms with Crippen LogP contribution in [0.15, 0.2) is 24.3 Å². The third-order valence-corrected chi connectivity index (χ3v) is 3.73. The molecule has 4 heteroatoms. The average Bonchev–Trinajstić information content (AvgIpc) is 2.95. The Balaban J connectivity index is 1.99. The molecule has 1 aliphatic rings. The van der Waals surface area contributed by atoms with E-state index in [0.717, 1.165) is 18.7 Å². The van der Waals surface area contributed by atoms with Crippen LogP contribution >= 0.6 is 0 Å². The second-order valence-corrected chi connectivity index (χ2v) is 5.48. The van der Waals surface area contributed by atoms with Crippen molar-refractivity contribution < 1.29 is 9.53 Å². The minimum Gasteiger partial charge on any atom is -0.381 e. The Labute approximate surface area is 121 Å². The second kappa shape index (κ2) is 6.75. The fourth-order valence-corrected chi connectivity index (χ4v) is 2.57. The highest BCUT2D eigenvalue weighted by atomic mass is 16.5. The number of hydrogen-bond donors (Lipinski definition) is 1.